The first-order valence-electron chi connectivity index (χ1n) is 5.97. The molecule has 19 heavy (non-hydrogen) atoms. The number of pyridine rings is 1. The van der Waals surface area contributed by atoms with Gasteiger partial charge in [0.2, 0.25) is 5.95 Å². The molecule has 0 fully saturated rings. The number of thiophene rings is 1. The number of nitrogens with one attached hydrogen (secondary N) is 1. The van der Waals surface area contributed by atoms with Crippen LogP contribution in [0.15, 0.2) is 24.3 Å². The van der Waals surface area contributed by atoms with Gasteiger partial charge in [-0.05, 0) is 44.5 Å². The Labute approximate surface area is 115 Å². The summed E-state index contributed by atoms with van der Waals surface area (Å²) in [6.07, 6.45) is 0. The van der Waals surface area contributed by atoms with Crippen molar-refractivity contribution in [2.75, 3.05) is 0 Å². The topological polar surface area (TPSA) is 42.0 Å². The van der Waals surface area contributed by atoms with E-state index < -0.39 is 5.95 Å². The maximum absolute atomic E-state index is 13.0. The largest absolute Gasteiger partial charge is 0.344 e. The van der Waals surface area contributed by atoms with E-state index in [0.717, 1.165) is 5.56 Å². The van der Waals surface area contributed by atoms with Gasteiger partial charge in [-0.3, -0.25) is 4.79 Å². The molecule has 2 heterocycles. The van der Waals surface area contributed by atoms with Crippen LogP contribution in [0, 0.1) is 19.8 Å². The number of rotatable bonds is 3. The summed E-state index contributed by atoms with van der Waals surface area (Å²) in [6, 6.07) is 6.12. The Morgan fingerprint density at radius 2 is 2.16 bits per heavy atom. The number of amides is 1. The fraction of sp³-hybridized carbons (Fsp3) is 0.286. The first-order chi connectivity index (χ1) is 8.97. The fourth-order valence-corrected chi connectivity index (χ4v) is 2.99. The minimum Gasteiger partial charge on any atom is -0.344 e. The molecular formula is C14H15FN2OS. The van der Waals surface area contributed by atoms with Crippen LogP contribution in [-0.2, 0) is 0 Å². The maximum Gasteiger partial charge on any atom is 0.270 e. The van der Waals surface area contributed by atoms with Crippen LogP contribution in [0.5, 0.6) is 0 Å². The van der Waals surface area contributed by atoms with Gasteiger partial charge >= 0.3 is 0 Å². The predicted molar refractivity (Wildman–Crippen MR) is 73.9 cm³/mol. The summed E-state index contributed by atoms with van der Waals surface area (Å²) in [4.78, 5) is 17.9. The molecule has 0 aliphatic rings. The Morgan fingerprint density at radius 3 is 2.74 bits per heavy atom. The molecule has 2 aromatic rings. The number of hydrogen-bond donors (Lipinski definition) is 1. The van der Waals surface area contributed by atoms with Gasteiger partial charge in [0.15, 0.2) is 0 Å². The zero-order valence-corrected chi connectivity index (χ0v) is 11.8. The van der Waals surface area contributed by atoms with E-state index in [1.54, 1.807) is 11.3 Å². The van der Waals surface area contributed by atoms with Gasteiger partial charge in [-0.15, -0.1) is 11.3 Å². The van der Waals surface area contributed by atoms with Crippen LogP contribution in [0.3, 0.4) is 0 Å². The summed E-state index contributed by atoms with van der Waals surface area (Å²) < 4.78 is 13.0. The molecule has 3 nitrogen and oxygen atoms in total. The SMILES string of the molecule is Cc1cc(C(C)NC(=O)c2cccc(F)n2)c(C)s1. The van der Waals surface area contributed by atoms with Gasteiger partial charge in [-0.2, -0.15) is 4.39 Å². The monoisotopic (exact) mass is 278 g/mol. The van der Waals surface area contributed by atoms with Crippen LogP contribution in [0.4, 0.5) is 4.39 Å². The van der Waals surface area contributed by atoms with E-state index in [2.05, 4.69) is 16.4 Å². The van der Waals surface area contributed by atoms with Crippen LogP contribution in [-0.4, -0.2) is 10.9 Å². The Bertz CT molecular complexity index is 609. The van der Waals surface area contributed by atoms with Crippen LogP contribution in [0.2, 0.25) is 0 Å². The molecule has 0 aliphatic heterocycles. The second-order valence-corrected chi connectivity index (χ2v) is 5.87. The third-order valence-corrected chi connectivity index (χ3v) is 3.82. The lowest BCUT2D eigenvalue weighted by Crippen LogP contribution is -2.27. The molecule has 0 saturated carbocycles. The van der Waals surface area contributed by atoms with Crippen LogP contribution >= 0.6 is 11.3 Å². The highest BCUT2D eigenvalue weighted by Crippen LogP contribution is 2.26. The summed E-state index contributed by atoms with van der Waals surface area (Å²) >= 11 is 1.70. The van der Waals surface area contributed by atoms with Crippen molar-refractivity contribution < 1.29 is 9.18 Å². The number of carbonyl (C=O) groups is 1. The van der Waals surface area contributed by atoms with Crippen molar-refractivity contribution >= 4 is 17.2 Å². The van der Waals surface area contributed by atoms with Gasteiger partial charge in [0.1, 0.15) is 5.69 Å². The van der Waals surface area contributed by atoms with Crippen molar-refractivity contribution in [2.45, 2.75) is 26.8 Å². The van der Waals surface area contributed by atoms with Crippen molar-refractivity contribution in [3.63, 3.8) is 0 Å². The molecular weight excluding hydrogens is 263 g/mol. The summed E-state index contributed by atoms with van der Waals surface area (Å²) in [5.74, 6) is -1.02. The van der Waals surface area contributed by atoms with Crippen molar-refractivity contribution in [1.82, 2.24) is 10.3 Å². The maximum atomic E-state index is 13.0. The second-order valence-electron chi connectivity index (χ2n) is 4.41. The highest BCUT2D eigenvalue weighted by molar-refractivity contribution is 7.12. The summed E-state index contributed by atoms with van der Waals surface area (Å²) in [5.41, 5.74) is 1.18. The zero-order valence-electron chi connectivity index (χ0n) is 11.0. The highest BCUT2D eigenvalue weighted by Gasteiger charge is 2.15. The summed E-state index contributed by atoms with van der Waals surface area (Å²) in [5, 5.41) is 2.83. The minimum atomic E-state index is -0.650. The van der Waals surface area contributed by atoms with Gasteiger partial charge in [0.25, 0.3) is 5.91 Å². The van der Waals surface area contributed by atoms with Gasteiger partial charge in [-0.25, -0.2) is 4.98 Å². The first-order valence-corrected chi connectivity index (χ1v) is 6.79. The van der Waals surface area contributed by atoms with Crippen LogP contribution < -0.4 is 5.32 Å². The van der Waals surface area contributed by atoms with Gasteiger partial charge in [0.05, 0.1) is 6.04 Å². The smallest absolute Gasteiger partial charge is 0.270 e. The molecule has 0 aliphatic carbocycles. The van der Waals surface area contributed by atoms with Crippen LogP contribution in [0.1, 0.15) is 38.8 Å². The zero-order chi connectivity index (χ0) is 14.0. The van der Waals surface area contributed by atoms with E-state index >= 15 is 0 Å². The minimum absolute atomic E-state index is 0.0939. The Hall–Kier alpha value is -1.75. The molecule has 1 unspecified atom stereocenters. The fourth-order valence-electron chi connectivity index (χ4n) is 1.96. The normalized spacial score (nSPS) is 12.2. The Balaban J connectivity index is 2.13. The molecule has 100 valence electrons. The number of aromatic nitrogens is 1. The molecule has 0 spiro atoms. The molecule has 2 rings (SSSR count). The quantitative estimate of drug-likeness (QED) is 0.874. The van der Waals surface area contributed by atoms with Crippen molar-refractivity contribution in [3.05, 3.63) is 51.2 Å². The summed E-state index contributed by atoms with van der Waals surface area (Å²) in [6.45, 7) is 5.96. The predicted octanol–water partition coefficient (Wildman–Crippen LogP) is 3.39. The molecule has 1 amide bonds. The van der Waals surface area contributed by atoms with Crippen molar-refractivity contribution in [1.29, 1.82) is 0 Å². The number of hydrogen-bond acceptors (Lipinski definition) is 3. The number of halogens is 1. The molecule has 0 saturated heterocycles. The number of nitrogens with zero attached hydrogens (tertiary/aromatic N) is 1. The van der Waals surface area contributed by atoms with Crippen molar-refractivity contribution in [2.24, 2.45) is 0 Å². The Morgan fingerprint density at radius 1 is 1.42 bits per heavy atom. The molecule has 1 N–H and O–H groups in total. The molecule has 0 radical (unpaired) electrons. The Kier molecular flexibility index (Phi) is 3.95. The molecule has 1 atom stereocenters. The summed E-state index contributed by atoms with van der Waals surface area (Å²) in [7, 11) is 0. The molecule has 2 aromatic heterocycles. The van der Waals surface area contributed by atoms with E-state index in [9.17, 15) is 9.18 Å². The average Bonchev–Trinajstić information content (AvgIpc) is 2.68. The van der Waals surface area contributed by atoms with Gasteiger partial charge < -0.3 is 5.32 Å². The first kappa shape index (κ1) is 13.7. The molecule has 0 aromatic carbocycles. The van der Waals surface area contributed by atoms with E-state index in [-0.39, 0.29) is 17.6 Å². The number of aryl methyl sites for hydroxylation is 2. The van der Waals surface area contributed by atoms with Gasteiger partial charge in [0, 0.05) is 9.75 Å². The lowest BCUT2D eigenvalue weighted by atomic mass is 10.1. The van der Waals surface area contributed by atoms with Gasteiger partial charge in [-0.1, -0.05) is 6.07 Å². The van der Waals surface area contributed by atoms with E-state index in [1.807, 2.05) is 20.8 Å². The molecule has 5 heteroatoms. The van der Waals surface area contributed by atoms with E-state index in [1.165, 1.54) is 28.0 Å². The third-order valence-electron chi connectivity index (χ3n) is 2.84. The highest BCUT2D eigenvalue weighted by atomic mass is 32.1. The average molecular weight is 278 g/mol. The number of carbonyl (C=O) groups excluding carboxylic acids is 1. The second kappa shape index (κ2) is 5.48. The third kappa shape index (κ3) is 3.17. The van der Waals surface area contributed by atoms with E-state index in [0.29, 0.717) is 0 Å². The standard InChI is InChI=1S/C14H15FN2OS/c1-8-7-11(10(3)19-8)9(2)16-14(18)12-5-4-6-13(15)17-12/h4-7,9H,1-3H3,(H,16,18). The van der Waals surface area contributed by atoms with E-state index in [4.69, 9.17) is 0 Å². The lowest BCUT2D eigenvalue weighted by Gasteiger charge is -2.13. The molecule has 0 bridgehead atoms. The lowest BCUT2D eigenvalue weighted by molar-refractivity contribution is 0.0933. The van der Waals surface area contributed by atoms with Crippen molar-refractivity contribution in [3.8, 4) is 0 Å². The van der Waals surface area contributed by atoms with Crippen LogP contribution in [0.25, 0.3) is 0 Å².